The number of H-pyrrole nitrogens is 1. The Labute approximate surface area is 137 Å². The van der Waals surface area contributed by atoms with E-state index in [0.717, 1.165) is 16.9 Å². The molecule has 2 aromatic carbocycles. The van der Waals surface area contributed by atoms with Gasteiger partial charge in [-0.15, -0.1) is 11.8 Å². The zero-order valence-electron chi connectivity index (χ0n) is 12.5. The number of thioether (sulfide) groups is 1. The number of amides is 1. The number of halogens is 1. The zero-order chi connectivity index (χ0) is 16.2. The highest BCUT2D eigenvalue weighted by atomic mass is 32.2. The number of anilines is 1. The van der Waals surface area contributed by atoms with Crippen LogP contribution in [0.1, 0.15) is 18.0 Å². The van der Waals surface area contributed by atoms with Crippen LogP contribution in [0.25, 0.3) is 11.0 Å². The molecule has 1 heterocycles. The number of benzene rings is 2. The van der Waals surface area contributed by atoms with Crippen LogP contribution in [0.3, 0.4) is 0 Å². The Morgan fingerprint density at radius 1 is 1.26 bits per heavy atom. The predicted molar refractivity (Wildman–Crippen MR) is 92.0 cm³/mol. The smallest absolute Gasteiger partial charge is 0.234 e. The molecule has 1 aromatic heterocycles. The molecule has 118 valence electrons. The van der Waals surface area contributed by atoms with Crippen LogP contribution in [0.2, 0.25) is 0 Å². The maximum atomic E-state index is 12.8. The fraction of sp³-hybridized carbons (Fsp3) is 0.176. The summed E-state index contributed by atoms with van der Waals surface area (Å²) < 4.78 is 12.8. The van der Waals surface area contributed by atoms with Crippen LogP contribution >= 0.6 is 11.8 Å². The van der Waals surface area contributed by atoms with E-state index in [1.807, 2.05) is 31.2 Å². The fourth-order valence-corrected chi connectivity index (χ4v) is 2.92. The SMILES string of the molecule is C[C@@H](SCC(=O)Nc1ccc(F)cc1)c1nc2ccccc2[nH]1. The maximum Gasteiger partial charge on any atom is 0.234 e. The normalized spacial score (nSPS) is 12.3. The second-order valence-corrected chi connectivity index (χ2v) is 6.48. The van der Waals surface area contributed by atoms with Crippen LogP contribution in [0, 0.1) is 5.82 Å². The number of rotatable bonds is 5. The van der Waals surface area contributed by atoms with Gasteiger partial charge in [-0.1, -0.05) is 12.1 Å². The molecule has 6 heteroatoms. The van der Waals surface area contributed by atoms with Crippen LogP contribution in [0.4, 0.5) is 10.1 Å². The van der Waals surface area contributed by atoms with Gasteiger partial charge in [0.1, 0.15) is 11.6 Å². The van der Waals surface area contributed by atoms with Crippen molar-refractivity contribution in [1.82, 2.24) is 9.97 Å². The highest BCUT2D eigenvalue weighted by Gasteiger charge is 2.13. The quantitative estimate of drug-likeness (QED) is 0.740. The van der Waals surface area contributed by atoms with Gasteiger partial charge in [-0.05, 0) is 43.3 Å². The van der Waals surface area contributed by atoms with Gasteiger partial charge in [0.25, 0.3) is 0 Å². The fourth-order valence-electron chi connectivity index (χ4n) is 2.17. The summed E-state index contributed by atoms with van der Waals surface area (Å²) >= 11 is 1.50. The molecule has 0 fully saturated rings. The van der Waals surface area contributed by atoms with E-state index >= 15 is 0 Å². The van der Waals surface area contributed by atoms with Crippen molar-refractivity contribution in [2.24, 2.45) is 0 Å². The number of hydrogen-bond donors (Lipinski definition) is 2. The van der Waals surface area contributed by atoms with Gasteiger partial charge in [-0.25, -0.2) is 9.37 Å². The van der Waals surface area contributed by atoms with Crippen LogP contribution in [0.5, 0.6) is 0 Å². The van der Waals surface area contributed by atoms with E-state index in [-0.39, 0.29) is 17.0 Å². The molecule has 1 atom stereocenters. The Kier molecular flexibility index (Phi) is 4.62. The van der Waals surface area contributed by atoms with Crippen LogP contribution < -0.4 is 5.32 Å². The lowest BCUT2D eigenvalue weighted by Crippen LogP contribution is -2.14. The molecular formula is C17H16FN3OS. The molecule has 2 N–H and O–H groups in total. The molecule has 0 unspecified atom stereocenters. The minimum absolute atomic E-state index is 0.0707. The van der Waals surface area contributed by atoms with Crippen LogP contribution in [-0.4, -0.2) is 21.6 Å². The number of nitrogens with one attached hydrogen (secondary N) is 2. The summed E-state index contributed by atoms with van der Waals surface area (Å²) in [5.41, 5.74) is 2.50. The second-order valence-electron chi connectivity index (χ2n) is 5.15. The number of nitrogens with zero attached hydrogens (tertiary/aromatic N) is 1. The average molecular weight is 329 g/mol. The van der Waals surface area contributed by atoms with Gasteiger partial charge in [0.2, 0.25) is 5.91 Å². The third kappa shape index (κ3) is 3.90. The van der Waals surface area contributed by atoms with Gasteiger partial charge in [0, 0.05) is 5.69 Å². The highest BCUT2D eigenvalue weighted by Crippen LogP contribution is 2.27. The summed E-state index contributed by atoms with van der Waals surface area (Å²) in [6.07, 6.45) is 0. The molecule has 23 heavy (non-hydrogen) atoms. The Morgan fingerprint density at radius 3 is 2.74 bits per heavy atom. The number of para-hydroxylation sites is 2. The Morgan fingerprint density at radius 2 is 2.00 bits per heavy atom. The lowest BCUT2D eigenvalue weighted by molar-refractivity contribution is -0.113. The number of fused-ring (bicyclic) bond motifs is 1. The molecule has 0 saturated heterocycles. The van der Waals surface area contributed by atoms with Crippen LogP contribution in [-0.2, 0) is 4.79 Å². The first-order valence-corrected chi connectivity index (χ1v) is 8.28. The molecule has 4 nitrogen and oxygen atoms in total. The maximum absolute atomic E-state index is 12.8. The number of carbonyl (C=O) groups is 1. The van der Waals surface area contributed by atoms with Gasteiger partial charge in [-0.2, -0.15) is 0 Å². The molecule has 0 aliphatic carbocycles. The summed E-state index contributed by atoms with van der Waals surface area (Å²) in [6.45, 7) is 2.01. The summed E-state index contributed by atoms with van der Waals surface area (Å²) in [4.78, 5) is 19.8. The summed E-state index contributed by atoms with van der Waals surface area (Å²) in [5, 5.41) is 2.82. The lowest BCUT2D eigenvalue weighted by Gasteiger charge is -2.09. The Hall–Kier alpha value is -2.34. The van der Waals surface area contributed by atoms with Crippen molar-refractivity contribution >= 4 is 34.4 Å². The number of aromatic nitrogens is 2. The van der Waals surface area contributed by atoms with E-state index in [4.69, 9.17) is 0 Å². The molecule has 0 radical (unpaired) electrons. The zero-order valence-corrected chi connectivity index (χ0v) is 13.4. The summed E-state index contributed by atoms with van der Waals surface area (Å²) in [7, 11) is 0. The topological polar surface area (TPSA) is 57.8 Å². The first-order chi connectivity index (χ1) is 11.1. The highest BCUT2D eigenvalue weighted by molar-refractivity contribution is 8.00. The number of imidazole rings is 1. The first kappa shape index (κ1) is 15.6. The summed E-state index contributed by atoms with van der Waals surface area (Å²) in [5.74, 6) is 0.710. The third-order valence-electron chi connectivity index (χ3n) is 3.39. The second kappa shape index (κ2) is 6.83. The van der Waals surface area contributed by atoms with Crippen molar-refractivity contribution in [3.05, 3.63) is 60.2 Å². The minimum Gasteiger partial charge on any atom is -0.341 e. The van der Waals surface area contributed by atoms with E-state index in [0.29, 0.717) is 11.4 Å². The Balaban J connectivity index is 1.56. The van der Waals surface area contributed by atoms with Crippen molar-refractivity contribution in [2.75, 3.05) is 11.1 Å². The molecule has 3 aromatic rings. The van der Waals surface area contributed by atoms with Crippen molar-refractivity contribution in [3.8, 4) is 0 Å². The van der Waals surface area contributed by atoms with Crippen molar-refractivity contribution < 1.29 is 9.18 Å². The Bertz CT molecular complexity index is 783. The molecule has 3 rings (SSSR count). The van der Waals surface area contributed by atoms with Gasteiger partial charge in [0.05, 0.1) is 22.0 Å². The van der Waals surface area contributed by atoms with E-state index in [2.05, 4.69) is 15.3 Å². The molecule has 0 aliphatic heterocycles. The van der Waals surface area contributed by atoms with Gasteiger partial charge < -0.3 is 10.3 Å². The molecule has 0 bridgehead atoms. The number of hydrogen-bond acceptors (Lipinski definition) is 3. The van der Waals surface area contributed by atoms with Crippen LogP contribution in [0.15, 0.2) is 48.5 Å². The molecule has 0 aliphatic rings. The largest absolute Gasteiger partial charge is 0.341 e. The minimum atomic E-state index is -0.323. The van der Waals surface area contributed by atoms with E-state index in [1.54, 1.807) is 12.1 Å². The molecule has 1 amide bonds. The number of aromatic amines is 1. The number of carbonyl (C=O) groups excluding carboxylic acids is 1. The molecule has 0 saturated carbocycles. The van der Waals surface area contributed by atoms with Crippen molar-refractivity contribution in [1.29, 1.82) is 0 Å². The first-order valence-electron chi connectivity index (χ1n) is 7.23. The monoisotopic (exact) mass is 329 g/mol. The summed E-state index contributed by atoms with van der Waals surface area (Å²) in [6, 6.07) is 13.6. The van der Waals surface area contributed by atoms with Crippen molar-refractivity contribution in [3.63, 3.8) is 0 Å². The van der Waals surface area contributed by atoms with E-state index in [9.17, 15) is 9.18 Å². The average Bonchev–Trinajstić information content (AvgIpc) is 2.99. The van der Waals surface area contributed by atoms with E-state index in [1.165, 1.54) is 23.9 Å². The third-order valence-corrected chi connectivity index (χ3v) is 4.54. The van der Waals surface area contributed by atoms with Gasteiger partial charge >= 0.3 is 0 Å². The predicted octanol–water partition coefficient (Wildman–Crippen LogP) is 4.13. The van der Waals surface area contributed by atoms with Gasteiger partial charge in [-0.3, -0.25) is 4.79 Å². The van der Waals surface area contributed by atoms with Gasteiger partial charge in [0.15, 0.2) is 0 Å². The lowest BCUT2D eigenvalue weighted by atomic mass is 10.3. The molecular weight excluding hydrogens is 313 g/mol. The van der Waals surface area contributed by atoms with Crippen molar-refractivity contribution in [2.45, 2.75) is 12.2 Å². The standard InChI is InChI=1S/C17H16FN3OS/c1-11(17-20-14-4-2-3-5-15(14)21-17)23-10-16(22)19-13-8-6-12(18)7-9-13/h2-9,11H,10H2,1H3,(H,19,22)(H,20,21)/t11-/m1/s1. The molecule has 0 spiro atoms. The van der Waals surface area contributed by atoms with E-state index < -0.39 is 0 Å².